The van der Waals surface area contributed by atoms with Crippen LogP contribution in [0.4, 0.5) is 0 Å². The van der Waals surface area contributed by atoms with Crippen molar-refractivity contribution in [3.63, 3.8) is 0 Å². The van der Waals surface area contributed by atoms with Gasteiger partial charge in [0.15, 0.2) is 0 Å². The fraction of sp³-hybridized carbons (Fsp3) is 0.600. The summed E-state index contributed by atoms with van der Waals surface area (Å²) in [4.78, 5) is 57.5. The van der Waals surface area contributed by atoms with E-state index in [0.29, 0.717) is 55.0 Å². The van der Waals surface area contributed by atoms with Crippen molar-refractivity contribution in [3.05, 3.63) is 39.0 Å². The minimum absolute atomic E-state index is 0.0618. The average molecular weight is 469 g/mol. The predicted molar refractivity (Wildman–Crippen MR) is 127 cm³/mol. The molecule has 3 aliphatic rings. The number of ether oxygens (including phenoxy) is 1. The zero-order chi connectivity index (χ0) is 23.8. The first-order valence-electron chi connectivity index (χ1n) is 12.3. The zero-order valence-electron chi connectivity index (χ0n) is 19.6. The van der Waals surface area contributed by atoms with Gasteiger partial charge in [-0.25, -0.2) is 4.79 Å². The molecule has 1 aromatic carbocycles. The molecule has 5 rings (SSSR count). The van der Waals surface area contributed by atoms with Crippen LogP contribution in [0.1, 0.15) is 38.5 Å². The number of aromatic amines is 1. The SMILES string of the molecule is COc1ccc2[nH]c(=O)n(CC3CCC(C(=O)N4CCN(CC5CC5)C(=O)C4)CC3)c(=O)c2c1. The number of methoxy groups -OCH3 is 1. The Balaban J connectivity index is 1.19. The van der Waals surface area contributed by atoms with Gasteiger partial charge in [-0.2, -0.15) is 0 Å². The number of rotatable bonds is 6. The molecule has 2 heterocycles. The van der Waals surface area contributed by atoms with Crippen molar-refractivity contribution in [3.8, 4) is 5.75 Å². The molecule has 9 nitrogen and oxygen atoms in total. The number of nitrogens with one attached hydrogen (secondary N) is 1. The molecule has 2 aromatic rings. The molecule has 0 spiro atoms. The molecule has 0 bridgehead atoms. The Morgan fingerprint density at radius 1 is 1.00 bits per heavy atom. The smallest absolute Gasteiger partial charge is 0.328 e. The number of nitrogens with zero attached hydrogens (tertiary/aromatic N) is 3. The van der Waals surface area contributed by atoms with E-state index in [2.05, 4.69) is 4.98 Å². The quantitative estimate of drug-likeness (QED) is 0.693. The molecular weight excluding hydrogens is 436 g/mol. The maximum atomic E-state index is 13.1. The lowest BCUT2D eigenvalue weighted by Crippen LogP contribution is -2.54. The monoisotopic (exact) mass is 468 g/mol. The number of hydrogen-bond donors (Lipinski definition) is 1. The second kappa shape index (κ2) is 9.27. The molecule has 34 heavy (non-hydrogen) atoms. The van der Waals surface area contributed by atoms with E-state index in [1.165, 1.54) is 24.5 Å². The zero-order valence-corrected chi connectivity index (χ0v) is 19.6. The van der Waals surface area contributed by atoms with Gasteiger partial charge in [0.1, 0.15) is 5.75 Å². The van der Waals surface area contributed by atoms with Crippen molar-refractivity contribution in [2.45, 2.75) is 45.1 Å². The Bertz CT molecular complexity index is 1210. The first-order chi connectivity index (χ1) is 16.4. The Kier molecular flexibility index (Phi) is 6.18. The number of fused-ring (bicyclic) bond motifs is 1. The van der Waals surface area contributed by atoms with E-state index >= 15 is 0 Å². The molecular formula is C25H32N4O5. The van der Waals surface area contributed by atoms with E-state index in [9.17, 15) is 19.2 Å². The van der Waals surface area contributed by atoms with E-state index in [4.69, 9.17) is 4.74 Å². The number of benzene rings is 1. The van der Waals surface area contributed by atoms with Gasteiger partial charge in [0.2, 0.25) is 11.8 Å². The first-order valence-corrected chi connectivity index (χ1v) is 12.3. The average Bonchev–Trinajstić information content (AvgIpc) is 3.67. The molecule has 1 N–H and O–H groups in total. The molecule has 3 fully saturated rings. The molecule has 1 saturated heterocycles. The van der Waals surface area contributed by atoms with Gasteiger partial charge in [-0.05, 0) is 68.6 Å². The van der Waals surface area contributed by atoms with Crippen molar-refractivity contribution >= 4 is 22.7 Å². The first kappa shape index (κ1) is 22.7. The van der Waals surface area contributed by atoms with E-state index in [-0.39, 0.29) is 35.8 Å². The minimum atomic E-state index is -0.413. The summed E-state index contributed by atoms with van der Waals surface area (Å²) in [7, 11) is 1.54. The highest BCUT2D eigenvalue weighted by Gasteiger charge is 2.35. The van der Waals surface area contributed by atoms with Crippen molar-refractivity contribution in [2.75, 3.05) is 33.3 Å². The maximum Gasteiger partial charge on any atom is 0.328 e. The number of piperazine rings is 1. The second-order valence-corrected chi connectivity index (χ2v) is 10.0. The fourth-order valence-electron chi connectivity index (χ4n) is 5.33. The van der Waals surface area contributed by atoms with Crippen LogP contribution in [0.3, 0.4) is 0 Å². The van der Waals surface area contributed by atoms with Crippen molar-refractivity contribution < 1.29 is 14.3 Å². The van der Waals surface area contributed by atoms with Crippen molar-refractivity contribution in [1.82, 2.24) is 19.4 Å². The topological polar surface area (TPSA) is 105 Å². The summed E-state index contributed by atoms with van der Waals surface area (Å²) in [5, 5.41) is 0.424. The maximum absolute atomic E-state index is 13.1. The molecule has 9 heteroatoms. The van der Waals surface area contributed by atoms with Crippen LogP contribution in [0.2, 0.25) is 0 Å². The third-order valence-electron chi connectivity index (χ3n) is 7.63. The summed E-state index contributed by atoms with van der Waals surface area (Å²) in [6.45, 7) is 2.61. The second-order valence-electron chi connectivity index (χ2n) is 10.0. The van der Waals surface area contributed by atoms with Crippen LogP contribution < -0.4 is 16.0 Å². The van der Waals surface area contributed by atoms with Gasteiger partial charge in [0, 0.05) is 32.1 Å². The number of carbonyl (C=O) groups is 2. The summed E-state index contributed by atoms with van der Waals surface area (Å²) in [5.74, 6) is 1.43. The normalized spacial score (nSPS) is 23.4. The summed E-state index contributed by atoms with van der Waals surface area (Å²) < 4.78 is 6.48. The Morgan fingerprint density at radius 2 is 1.71 bits per heavy atom. The molecule has 1 aliphatic heterocycles. The van der Waals surface area contributed by atoms with E-state index in [0.717, 1.165) is 19.4 Å². The minimum Gasteiger partial charge on any atom is -0.497 e. The highest BCUT2D eigenvalue weighted by molar-refractivity contribution is 5.87. The molecule has 0 unspecified atom stereocenters. The van der Waals surface area contributed by atoms with Crippen molar-refractivity contribution in [2.24, 2.45) is 17.8 Å². The number of amides is 2. The predicted octanol–water partition coefficient (Wildman–Crippen LogP) is 1.59. The van der Waals surface area contributed by atoms with Crippen molar-refractivity contribution in [1.29, 1.82) is 0 Å². The van der Waals surface area contributed by atoms with Gasteiger partial charge in [-0.3, -0.25) is 19.0 Å². The van der Waals surface area contributed by atoms with Gasteiger partial charge in [0.05, 0.1) is 24.6 Å². The van der Waals surface area contributed by atoms with Crippen LogP contribution in [0.5, 0.6) is 5.75 Å². The number of H-pyrrole nitrogens is 1. The molecule has 1 aromatic heterocycles. The van der Waals surface area contributed by atoms with Crippen LogP contribution >= 0.6 is 0 Å². The molecule has 0 atom stereocenters. The highest BCUT2D eigenvalue weighted by Crippen LogP contribution is 2.32. The highest BCUT2D eigenvalue weighted by atomic mass is 16.5. The third kappa shape index (κ3) is 4.60. The molecule has 2 amide bonds. The van der Waals surface area contributed by atoms with Gasteiger partial charge in [0.25, 0.3) is 5.56 Å². The van der Waals surface area contributed by atoms with Gasteiger partial charge in [-0.15, -0.1) is 0 Å². The summed E-state index contributed by atoms with van der Waals surface area (Å²) in [6.07, 6.45) is 5.40. The van der Waals surface area contributed by atoms with Gasteiger partial charge in [-0.1, -0.05) is 0 Å². The standard InChI is InChI=1S/C25H32N4O5/c1-34-19-8-9-21-20(12-19)24(32)29(25(33)26-21)14-17-4-6-18(7-5-17)23(31)28-11-10-27(22(30)15-28)13-16-2-3-16/h8-9,12,16-18H,2-7,10-11,13-15H2,1H3,(H,26,33). The number of hydrogen-bond acceptors (Lipinski definition) is 5. The van der Waals surface area contributed by atoms with E-state index < -0.39 is 5.69 Å². The van der Waals surface area contributed by atoms with Crippen LogP contribution in [0.15, 0.2) is 27.8 Å². The summed E-state index contributed by atoms with van der Waals surface area (Å²) in [6, 6.07) is 5.03. The van der Waals surface area contributed by atoms with Crippen LogP contribution in [-0.4, -0.2) is 64.5 Å². The third-order valence-corrected chi connectivity index (χ3v) is 7.63. The Morgan fingerprint density at radius 3 is 2.38 bits per heavy atom. The lowest BCUT2D eigenvalue weighted by Gasteiger charge is -2.37. The molecule has 2 saturated carbocycles. The van der Waals surface area contributed by atoms with Gasteiger partial charge >= 0.3 is 5.69 Å². The summed E-state index contributed by atoms with van der Waals surface area (Å²) in [5.41, 5.74) is -0.241. The van der Waals surface area contributed by atoms with Crippen LogP contribution in [0.25, 0.3) is 10.9 Å². The van der Waals surface area contributed by atoms with E-state index in [1.807, 2.05) is 4.90 Å². The molecule has 2 aliphatic carbocycles. The fourth-order valence-corrected chi connectivity index (χ4v) is 5.33. The van der Waals surface area contributed by atoms with Crippen LogP contribution in [0, 0.1) is 17.8 Å². The van der Waals surface area contributed by atoms with E-state index in [1.54, 1.807) is 23.1 Å². The lowest BCUT2D eigenvalue weighted by molar-refractivity contribution is -0.148. The lowest BCUT2D eigenvalue weighted by atomic mass is 9.81. The molecule has 182 valence electrons. The largest absolute Gasteiger partial charge is 0.497 e. The number of aromatic nitrogens is 2. The summed E-state index contributed by atoms with van der Waals surface area (Å²) >= 11 is 0. The Labute approximate surface area is 197 Å². The molecule has 0 radical (unpaired) electrons. The van der Waals surface area contributed by atoms with Crippen LogP contribution in [-0.2, 0) is 16.1 Å². The Hall–Kier alpha value is -3.10. The number of carbonyl (C=O) groups excluding carboxylic acids is 2. The van der Waals surface area contributed by atoms with Gasteiger partial charge < -0.3 is 19.5 Å².